The average Bonchev–Trinajstić information content (AvgIpc) is 2.81. The maximum absolute atomic E-state index is 5.82. The molecule has 2 nitrogen and oxygen atoms in total. The van der Waals surface area contributed by atoms with Crippen molar-refractivity contribution in [1.82, 2.24) is 0 Å². The Hall–Kier alpha value is -0.670. The number of nitrogens with two attached hydrogens (primary N) is 1. The highest BCUT2D eigenvalue weighted by atomic mass is 32.2. The molecule has 0 saturated carbocycles. The Labute approximate surface area is 102 Å². The van der Waals surface area contributed by atoms with Gasteiger partial charge < -0.3 is 10.6 Å². The summed E-state index contributed by atoms with van der Waals surface area (Å²) in [4.78, 5) is 2.43. The van der Waals surface area contributed by atoms with Crippen molar-refractivity contribution >= 4 is 17.4 Å². The molecule has 1 fully saturated rings. The number of anilines is 1. The molecule has 2 rings (SSSR count). The van der Waals surface area contributed by atoms with Crippen LogP contribution in [0.15, 0.2) is 18.2 Å². The fraction of sp³-hybridized carbons (Fsp3) is 0.538. The lowest BCUT2D eigenvalue weighted by Gasteiger charge is -2.29. The third-order valence-corrected chi connectivity index (χ3v) is 4.49. The van der Waals surface area contributed by atoms with Gasteiger partial charge >= 0.3 is 0 Å². The molecule has 0 spiro atoms. The molecule has 1 heterocycles. The lowest BCUT2D eigenvalue weighted by molar-refractivity contribution is 0.695. The number of nitrogens with zero attached hydrogens (tertiary/aromatic N) is 1. The van der Waals surface area contributed by atoms with Crippen LogP contribution in [0.4, 0.5) is 5.69 Å². The van der Waals surface area contributed by atoms with Crippen LogP contribution in [-0.2, 0) is 6.54 Å². The zero-order chi connectivity index (χ0) is 11.5. The Morgan fingerprint density at radius 3 is 2.94 bits per heavy atom. The molecule has 1 saturated heterocycles. The van der Waals surface area contributed by atoms with E-state index in [4.69, 9.17) is 5.73 Å². The highest BCUT2D eigenvalue weighted by molar-refractivity contribution is 7.99. The molecule has 1 aliphatic rings. The maximum Gasteiger partial charge on any atom is 0.0441 e. The quantitative estimate of drug-likeness (QED) is 0.874. The molecule has 1 aromatic carbocycles. The van der Waals surface area contributed by atoms with E-state index in [9.17, 15) is 0 Å². The number of thioether (sulfide) groups is 1. The second-order valence-corrected chi connectivity index (χ2v) is 5.56. The Bertz CT molecular complexity index is 359. The van der Waals surface area contributed by atoms with Crippen molar-refractivity contribution < 1.29 is 0 Å². The molecule has 3 heteroatoms. The predicted molar refractivity (Wildman–Crippen MR) is 73.2 cm³/mol. The summed E-state index contributed by atoms with van der Waals surface area (Å²) in [5.74, 6) is 2.54. The van der Waals surface area contributed by atoms with Crippen molar-refractivity contribution in [2.45, 2.75) is 25.9 Å². The highest BCUT2D eigenvalue weighted by Crippen LogP contribution is 2.30. The van der Waals surface area contributed by atoms with Crippen LogP contribution < -0.4 is 10.6 Å². The van der Waals surface area contributed by atoms with Gasteiger partial charge in [-0.3, -0.25) is 0 Å². The number of hydrogen-bond acceptors (Lipinski definition) is 3. The number of aryl methyl sites for hydroxylation is 1. The lowest BCUT2D eigenvalue weighted by Crippen LogP contribution is -2.32. The zero-order valence-corrected chi connectivity index (χ0v) is 10.9. The number of benzene rings is 1. The molecule has 0 radical (unpaired) electrons. The van der Waals surface area contributed by atoms with Gasteiger partial charge in [0.25, 0.3) is 0 Å². The summed E-state index contributed by atoms with van der Waals surface area (Å²) in [6, 6.07) is 7.09. The third-order valence-electron chi connectivity index (χ3n) is 3.35. The van der Waals surface area contributed by atoms with E-state index in [2.05, 4.69) is 48.8 Å². The van der Waals surface area contributed by atoms with E-state index in [-0.39, 0.29) is 0 Å². The van der Waals surface area contributed by atoms with Gasteiger partial charge in [-0.1, -0.05) is 18.2 Å². The van der Waals surface area contributed by atoms with E-state index in [1.165, 1.54) is 34.7 Å². The van der Waals surface area contributed by atoms with Crippen LogP contribution in [0.5, 0.6) is 0 Å². The molecule has 0 amide bonds. The van der Waals surface area contributed by atoms with Crippen LogP contribution in [0.2, 0.25) is 0 Å². The van der Waals surface area contributed by atoms with E-state index in [1.54, 1.807) is 0 Å². The van der Waals surface area contributed by atoms with E-state index in [1.807, 2.05) is 0 Å². The van der Waals surface area contributed by atoms with Gasteiger partial charge in [-0.2, -0.15) is 11.8 Å². The standard InChI is InChI=1S/C13H20N2S/c1-10-4-3-5-11(8-14)13(10)15(2)12-6-7-16-9-12/h3-5,12H,6-9,14H2,1-2H3. The zero-order valence-electron chi connectivity index (χ0n) is 10.1. The monoisotopic (exact) mass is 236 g/mol. The van der Waals surface area contributed by atoms with Crippen molar-refractivity contribution in [2.24, 2.45) is 5.73 Å². The van der Waals surface area contributed by atoms with E-state index in [0.717, 1.165) is 0 Å². The largest absolute Gasteiger partial charge is 0.370 e. The summed E-state index contributed by atoms with van der Waals surface area (Å²) in [6.45, 7) is 2.80. The van der Waals surface area contributed by atoms with Gasteiger partial charge in [-0.25, -0.2) is 0 Å². The first-order chi connectivity index (χ1) is 7.74. The van der Waals surface area contributed by atoms with Crippen LogP contribution in [-0.4, -0.2) is 24.6 Å². The topological polar surface area (TPSA) is 29.3 Å². The molecule has 16 heavy (non-hydrogen) atoms. The van der Waals surface area contributed by atoms with Gasteiger partial charge in [0.2, 0.25) is 0 Å². The van der Waals surface area contributed by atoms with Crippen molar-refractivity contribution in [3.8, 4) is 0 Å². The number of para-hydroxylation sites is 1. The second-order valence-electron chi connectivity index (χ2n) is 4.42. The summed E-state index contributed by atoms with van der Waals surface area (Å²) in [5, 5.41) is 0. The van der Waals surface area contributed by atoms with Gasteiger partial charge in [0.1, 0.15) is 0 Å². The van der Waals surface area contributed by atoms with E-state index < -0.39 is 0 Å². The Morgan fingerprint density at radius 1 is 1.50 bits per heavy atom. The van der Waals surface area contributed by atoms with E-state index >= 15 is 0 Å². The summed E-state index contributed by atoms with van der Waals surface area (Å²) in [7, 11) is 2.21. The molecule has 1 atom stereocenters. The van der Waals surface area contributed by atoms with Crippen LogP contribution in [0, 0.1) is 6.92 Å². The smallest absolute Gasteiger partial charge is 0.0441 e. The first-order valence-corrected chi connectivity index (χ1v) is 6.98. The molecule has 2 N–H and O–H groups in total. The van der Waals surface area contributed by atoms with Crippen molar-refractivity contribution in [2.75, 3.05) is 23.5 Å². The van der Waals surface area contributed by atoms with Crippen molar-refractivity contribution in [3.05, 3.63) is 29.3 Å². The van der Waals surface area contributed by atoms with Crippen LogP contribution >= 0.6 is 11.8 Å². The Kier molecular flexibility index (Phi) is 3.77. The molecule has 1 aliphatic heterocycles. The fourth-order valence-corrected chi connectivity index (χ4v) is 3.67. The third kappa shape index (κ3) is 2.20. The minimum Gasteiger partial charge on any atom is -0.370 e. The molecule has 0 aliphatic carbocycles. The minimum atomic E-state index is 0.626. The minimum absolute atomic E-state index is 0.626. The fourth-order valence-electron chi connectivity index (χ4n) is 2.40. The van der Waals surface area contributed by atoms with Crippen molar-refractivity contribution in [3.63, 3.8) is 0 Å². The summed E-state index contributed by atoms with van der Waals surface area (Å²) in [6.07, 6.45) is 1.29. The summed E-state index contributed by atoms with van der Waals surface area (Å²) >= 11 is 2.05. The SMILES string of the molecule is Cc1cccc(CN)c1N(C)C1CCSC1. The summed E-state index contributed by atoms with van der Waals surface area (Å²) < 4.78 is 0. The molecule has 88 valence electrons. The van der Waals surface area contributed by atoms with Gasteiger partial charge in [0, 0.05) is 31.1 Å². The van der Waals surface area contributed by atoms with Crippen LogP contribution in [0.25, 0.3) is 0 Å². The Morgan fingerprint density at radius 2 is 2.31 bits per heavy atom. The van der Waals surface area contributed by atoms with Gasteiger partial charge in [0.15, 0.2) is 0 Å². The number of rotatable bonds is 3. The first-order valence-electron chi connectivity index (χ1n) is 5.83. The Balaban J connectivity index is 2.30. The molecular formula is C13H20N2S. The summed E-state index contributed by atoms with van der Waals surface area (Å²) in [5.41, 5.74) is 9.77. The maximum atomic E-state index is 5.82. The van der Waals surface area contributed by atoms with Crippen LogP contribution in [0.1, 0.15) is 17.5 Å². The van der Waals surface area contributed by atoms with Gasteiger partial charge in [-0.15, -0.1) is 0 Å². The average molecular weight is 236 g/mol. The van der Waals surface area contributed by atoms with Gasteiger partial charge in [-0.05, 0) is 30.2 Å². The van der Waals surface area contributed by atoms with E-state index in [0.29, 0.717) is 12.6 Å². The molecule has 0 bridgehead atoms. The van der Waals surface area contributed by atoms with Gasteiger partial charge in [0.05, 0.1) is 0 Å². The van der Waals surface area contributed by atoms with Crippen LogP contribution in [0.3, 0.4) is 0 Å². The molecule has 1 unspecified atom stereocenters. The molecular weight excluding hydrogens is 216 g/mol. The normalized spacial score (nSPS) is 20.1. The van der Waals surface area contributed by atoms with Crippen molar-refractivity contribution in [1.29, 1.82) is 0 Å². The lowest BCUT2D eigenvalue weighted by atomic mass is 10.1. The molecule has 1 aromatic rings. The first kappa shape index (κ1) is 11.8. The highest BCUT2D eigenvalue weighted by Gasteiger charge is 2.22. The number of hydrogen-bond donors (Lipinski definition) is 1. The predicted octanol–water partition coefficient (Wildman–Crippen LogP) is 2.40. The second kappa shape index (κ2) is 5.11. The molecule has 0 aromatic heterocycles.